The SMILES string of the molecule is Nc1ccnn1C1CCC2CC21. The molecule has 64 valence electrons. The molecule has 3 atom stereocenters. The van der Waals surface area contributed by atoms with Gasteiger partial charge in [0.1, 0.15) is 5.82 Å². The predicted octanol–water partition coefficient (Wildman–Crippen LogP) is 1.44. The van der Waals surface area contributed by atoms with Gasteiger partial charge in [-0.25, -0.2) is 4.68 Å². The molecule has 2 fully saturated rings. The first kappa shape index (κ1) is 6.52. The second-order valence-corrected chi connectivity index (χ2v) is 4.00. The molecule has 2 saturated carbocycles. The molecule has 0 bridgehead atoms. The Labute approximate surface area is 71.6 Å². The van der Waals surface area contributed by atoms with Crippen molar-refractivity contribution in [2.75, 3.05) is 5.73 Å². The van der Waals surface area contributed by atoms with Gasteiger partial charge in [-0.2, -0.15) is 5.10 Å². The van der Waals surface area contributed by atoms with Crippen LogP contribution in [0.5, 0.6) is 0 Å². The number of hydrogen-bond acceptors (Lipinski definition) is 2. The average Bonchev–Trinajstić information content (AvgIpc) is 2.51. The first-order chi connectivity index (χ1) is 5.86. The zero-order chi connectivity index (χ0) is 8.13. The summed E-state index contributed by atoms with van der Waals surface area (Å²) in [6.45, 7) is 0. The van der Waals surface area contributed by atoms with Gasteiger partial charge < -0.3 is 5.73 Å². The van der Waals surface area contributed by atoms with E-state index in [9.17, 15) is 0 Å². The number of nitrogens with zero attached hydrogens (tertiary/aromatic N) is 2. The predicted molar refractivity (Wildman–Crippen MR) is 46.5 cm³/mol. The maximum Gasteiger partial charge on any atom is 0.121 e. The molecule has 2 N–H and O–H groups in total. The van der Waals surface area contributed by atoms with E-state index in [0.29, 0.717) is 6.04 Å². The van der Waals surface area contributed by atoms with Gasteiger partial charge in [0.25, 0.3) is 0 Å². The molecule has 1 aromatic heterocycles. The van der Waals surface area contributed by atoms with Gasteiger partial charge in [0.05, 0.1) is 12.2 Å². The first-order valence-electron chi connectivity index (χ1n) is 4.65. The van der Waals surface area contributed by atoms with Crippen LogP contribution >= 0.6 is 0 Å². The second-order valence-electron chi connectivity index (χ2n) is 4.00. The summed E-state index contributed by atoms with van der Waals surface area (Å²) in [7, 11) is 0. The molecule has 1 aromatic rings. The van der Waals surface area contributed by atoms with E-state index in [4.69, 9.17) is 5.73 Å². The molecule has 3 nitrogen and oxygen atoms in total. The van der Waals surface area contributed by atoms with Gasteiger partial charge in [0, 0.05) is 0 Å². The molecular formula is C9H13N3. The van der Waals surface area contributed by atoms with E-state index in [1.165, 1.54) is 19.3 Å². The van der Waals surface area contributed by atoms with Crippen LogP contribution in [-0.2, 0) is 0 Å². The zero-order valence-electron chi connectivity index (χ0n) is 6.98. The summed E-state index contributed by atoms with van der Waals surface area (Å²) in [5.74, 6) is 2.72. The van der Waals surface area contributed by atoms with Gasteiger partial charge in [-0.1, -0.05) is 0 Å². The van der Waals surface area contributed by atoms with Gasteiger partial charge in [0.2, 0.25) is 0 Å². The lowest BCUT2D eigenvalue weighted by molar-refractivity contribution is 0.424. The highest BCUT2D eigenvalue weighted by Crippen LogP contribution is 2.57. The van der Waals surface area contributed by atoms with Crippen LogP contribution in [0.2, 0.25) is 0 Å². The molecular weight excluding hydrogens is 150 g/mol. The van der Waals surface area contributed by atoms with Crippen LogP contribution in [-0.4, -0.2) is 9.78 Å². The lowest BCUT2D eigenvalue weighted by Gasteiger charge is -2.13. The van der Waals surface area contributed by atoms with Crippen LogP contribution < -0.4 is 5.73 Å². The van der Waals surface area contributed by atoms with E-state index in [1.54, 1.807) is 6.20 Å². The molecule has 3 unspecified atom stereocenters. The summed E-state index contributed by atoms with van der Waals surface area (Å²) in [6.07, 6.45) is 5.87. The first-order valence-corrected chi connectivity index (χ1v) is 4.65. The number of anilines is 1. The minimum absolute atomic E-state index is 0.616. The molecule has 0 spiro atoms. The molecule has 2 aliphatic carbocycles. The highest BCUT2D eigenvalue weighted by atomic mass is 15.3. The third-order valence-electron chi connectivity index (χ3n) is 3.32. The molecule has 0 saturated heterocycles. The quantitative estimate of drug-likeness (QED) is 0.680. The Balaban J connectivity index is 1.93. The molecule has 0 aromatic carbocycles. The number of fused-ring (bicyclic) bond motifs is 1. The van der Waals surface area contributed by atoms with E-state index < -0.39 is 0 Å². The van der Waals surface area contributed by atoms with Crippen molar-refractivity contribution in [3.63, 3.8) is 0 Å². The van der Waals surface area contributed by atoms with Crippen LogP contribution in [0.15, 0.2) is 12.3 Å². The third-order valence-corrected chi connectivity index (χ3v) is 3.32. The maximum absolute atomic E-state index is 5.80. The molecule has 3 rings (SSSR count). The van der Waals surface area contributed by atoms with Crippen molar-refractivity contribution in [3.05, 3.63) is 12.3 Å². The Hall–Kier alpha value is -0.990. The summed E-state index contributed by atoms with van der Waals surface area (Å²) in [6, 6.07) is 2.50. The van der Waals surface area contributed by atoms with Crippen molar-refractivity contribution in [1.29, 1.82) is 0 Å². The average molecular weight is 163 g/mol. The molecule has 0 radical (unpaired) electrons. The van der Waals surface area contributed by atoms with E-state index in [0.717, 1.165) is 17.7 Å². The van der Waals surface area contributed by atoms with E-state index in [1.807, 2.05) is 10.7 Å². The van der Waals surface area contributed by atoms with Crippen molar-refractivity contribution >= 4 is 5.82 Å². The van der Waals surface area contributed by atoms with Gasteiger partial charge in [0.15, 0.2) is 0 Å². The van der Waals surface area contributed by atoms with Crippen LogP contribution in [0.4, 0.5) is 5.82 Å². The topological polar surface area (TPSA) is 43.8 Å². The largest absolute Gasteiger partial charge is 0.384 e. The maximum atomic E-state index is 5.80. The highest BCUT2D eigenvalue weighted by molar-refractivity contribution is 5.27. The number of rotatable bonds is 1. The summed E-state index contributed by atoms with van der Waals surface area (Å²) >= 11 is 0. The van der Waals surface area contributed by atoms with Crippen LogP contribution in [0.25, 0.3) is 0 Å². The van der Waals surface area contributed by atoms with Crippen molar-refractivity contribution in [2.24, 2.45) is 11.8 Å². The van der Waals surface area contributed by atoms with Gasteiger partial charge >= 0.3 is 0 Å². The molecule has 12 heavy (non-hydrogen) atoms. The molecule has 0 aliphatic heterocycles. The summed E-state index contributed by atoms with van der Waals surface area (Å²) in [5.41, 5.74) is 5.80. The van der Waals surface area contributed by atoms with Gasteiger partial charge in [-0.05, 0) is 37.2 Å². The smallest absolute Gasteiger partial charge is 0.121 e. The number of hydrogen-bond donors (Lipinski definition) is 1. The Morgan fingerprint density at radius 2 is 2.42 bits per heavy atom. The van der Waals surface area contributed by atoms with Crippen molar-refractivity contribution < 1.29 is 0 Å². The second kappa shape index (κ2) is 2.03. The van der Waals surface area contributed by atoms with Crippen LogP contribution in [0.3, 0.4) is 0 Å². The molecule has 1 heterocycles. The van der Waals surface area contributed by atoms with Crippen molar-refractivity contribution in [3.8, 4) is 0 Å². The van der Waals surface area contributed by atoms with E-state index >= 15 is 0 Å². The number of nitrogen functional groups attached to an aromatic ring is 1. The Morgan fingerprint density at radius 1 is 1.50 bits per heavy atom. The van der Waals surface area contributed by atoms with Crippen LogP contribution in [0.1, 0.15) is 25.3 Å². The van der Waals surface area contributed by atoms with E-state index in [-0.39, 0.29) is 0 Å². The van der Waals surface area contributed by atoms with Crippen LogP contribution in [0, 0.1) is 11.8 Å². The fourth-order valence-electron chi connectivity index (χ4n) is 2.58. The Bertz CT molecular complexity index is 304. The third kappa shape index (κ3) is 0.737. The normalized spacial score (nSPS) is 38.2. The highest BCUT2D eigenvalue weighted by Gasteiger charge is 2.49. The van der Waals surface area contributed by atoms with Gasteiger partial charge in [-0.15, -0.1) is 0 Å². The Morgan fingerprint density at radius 3 is 2.92 bits per heavy atom. The lowest BCUT2D eigenvalue weighted by atomic mass is 10.2. The lowest BCUT2D eigenvalue weighted by Crippen LogP contribution is -2.12. The standard InChI is InChI=1S/C9H13N3/c10-9-3-4-11-12(9)8-2-1-6-5-7(6)8/h3-4,6-8H,1-2,5,10H2. The molecule has 2 aliphatic rings. The molecule has 3 heteroatoms. The zero-order valence-corrected chi connectivity index (χ0v) is 6.98. The number of nitrogens with two attached hydrogens (primary N) is 1. The van der Waals surface area contributed by atoms with Crippen molar-refractivity contribution in [1.82, 2.24) is 9.78 Å². The summed E-state index contributed by atoms with van der Waals surface area (Å²) in [5, 5.41) is 4.27. The number of aromatic nitrogens is 2. The van der Waals surface area contributed by atoms with E-state index in [2.05, 4.69) is 5.10 Å². The summed E-state index contributed by atoms with van der Waals surface area (Å²) in [4.78, 5) is 0. The van der Waals surface area contributed by atoms with Crippen molar-refractivity contribution in [2.45, 2.75) is 25.3 Å². The fourth-order valence-corrected chi connectivity index (χ4v) is 2.58. The summed E-state index contributed by atoms with van der Waals surface area (Å²) < 4.78 is 2.01. The monoisotopic (exact) mass is 163 g/mol. The van der Waals surface area contributed by atoms with Gasteiger partial charge in [-0.3, -0.25) is 0 Å². The minimum Gasteiger partial charge on any atom is -0.384 e. The Kier molecular flexibility index (Phi) is 1.10. The minimum atomic E-state index is 0.616. The fraction of sp³-hybridized carbons (Fsp3) is 0.667. The molecule has 0 amide bonds.